The molecule has 0 heterocycles. The Kier molecular flexibility index (Phi) is 4.91. The Balaban J connectivity index is 2.06. The lowest BCUT2D eigenvalue weighted by Gasteiger charge is -2.32. The summed E-state index contributed by atoms with van der Waals surface area (Å²) in [5.74, 6) is 0. The van der Waals surface area contributed by atoms with Crippen LogP contribution in [-0.2, 0) is 0 Å². The first kappa shape index (κ1) is 13.3. The van der Waals surface area contributed by atoms with E-state index >= 15 is 0 Å². The molecule has 0 aromatic heterocycles. The fourth-order valence-corrected chi connectivity index (χ4v) is 2.77. The Morgan fingerprint density at radius 1 is 1.06 bits per heavy atom. The van der Waals surface area contributed by atoms with Crippen LogP contribution in [0.2, 0.25) is 0 Å². The first-order valence-electron chi connectivity index (χ1n) is 7.33. The van der Waals surface area contributed by atoms with Crippen LogP contribution < -0.4 is 0 Å². The summed E-state index contributed by atoms with van der Waals surface area (Å²) >= 11 is 0. The smallest absolute Gasteiger partial charge is 0.0852 e. The fraction of sp³-hybridized carbons (Fsp3) is 0.625. The van der Waals surface area contributed by atoms with Gasteiger partial charge < -0.3 is 0 Å². The Hall–Kier alpha value is -1.18. The van der Waals surface area contributed by atoms with Crippen molar-refractivity contribution in [2.45, 2.75) is 63.8 Å². The van der Waals surface area contributed by atoms with Gasteiger partial charge in [-0.15, -0.1) is 0 Å². The molecule has 1 fully saturated rings. The first-order chi connectivity index (χ1) is 8.85. The summed E-state index contributed by atoms with van der Waals surface area (Å²) in [7, 11) is 0. The molecular weight excluding hydrogens is 220 g/mol. The van der Waals surface area contributed by atoms with Crippen LogP contribution in [0, 0.1) is 0 Å². The van der Waals surface area contributed by atoms with Crippen molar-refractivity contribution in [2.75, 3.05) is 0 Å². The second-order valence-corrected chi connectivity index (χ2v) is 5.42. The molecule has 0 N–H and O–H groups in total. The van der Waals surface area contributed by atoms with E-state index in [2.05, 4.69) is 12.0 Å². The highest BCUT2D eigenvalue weighted by atomic mass is 15.2. The molecule has 1 aliphatic carbocycles. The lowest BCUT2D eigenvalue weighted by molar-refractivity contribution is 0.264. The van der Waals surface area contributed by atoms with E-state index in [1.54, 1.807) is 0 Å². The van der Waals surface area contributed by atoms with Gasteiger partial charge in [0.05, 0.1) is 11.2 Å². The number of azo groups is 1. The molecule has 1 aliphatic rings. The molecule has 0 atom stereocenters. The average molecular weight is 244 g/mol. The van der Waals surface area contributed by atoms with Gasteiger partial charge >= 0.3 is 0 Å². The third kappa shape index (κ3) is 3.66. The zero-order valence-corrected chi connectivity index (χ0v) is 11.4. The van der Waals surface area contributed by atoms with Gasteiger partial charge in [-0.05, 0) is 31.4 Å². The molecular formula is C16H24N2. The van der Waals surface area contributed by atoms with Gasteiger partial charge in [-0.2, -0.15) is 10.2 Å². The van der Waals surface area contributed by atoms with Crippen LogP contribution in [0.5, 0.6) is 0 Å². The number of hydrogen-bond donors (Lipinski definition) is 0. The quantitative estimate of drug-likeness (QED) is 0.597. The molecule has 0 spiro atoms. The number of hydrogen-bond acceptors (Lipinski definition) is 2. The van der Waals surface area contributed by atoms with Crippen LogP contribution in [0.3, 0.4) is 0 Å². The number of unbranched alkanes of at least 4 members (excludes halogenated alkanes) is 1. The molecule has 1 aromatic carbocycles. The zero-order valence-electron chi connectivity index (χ0n) is 11.4. The number of benzene rings is 1. The van der Waals surface area contributed by atoms with Gasteiger partial charge in [0.25, 0.3) is 0 Å². The summed E-state index contributed by atoms with van der Waals surface area (Å²) in [6.45, 7) is 2.25. The molecule has 0 unspecified atom stereocenters. The van der Waals surface area contributed by atoms with Gasteiger partial charge in [0.2, 0.25) is 0 Å². The Morgan fingerprint density at radius 2 is 1.78 bits per heavy atom. The lowest BCUT2D eigenvalue weighted by Crippen LogP contribution is -2.28. The van der Waals surface area contributed by atoms with Crippen molar-refractivity contribution in [1.29, 1.82) is 0 Å². The minimum atomic E-state index is 0.143. The molecule has 1 aromatic rings. The second kappa shape index (κ2) is 6.67. The third-order valence-electron chi connectivity index (χ3n) is 3.91. The predicted octanol–water partition coefficient (Wildman–Crippen LogP) is 5.66. The van der Waals surface area contributed by atoms with Gasteiger partial charge in [0.15, 0.2) is 0 Å². The van der Waals surface area contributed by atoms with E-state index in [9.17, 15) is 0 Å². The van der Waals surface area contributed by atoms with Crippen LogP contribution in [0.25, 0.3) is 0 Å². The Morgan fingerprint density at radius 3 is 2.44 bits per heavy atom. The topological polar surface area (TPSA) is 24.7 Å². The van der Waals surface area contributed by atoms with Crippen molar-refractivity contribution >= 4 is 5.69 Å². The largest absolute Gasteiger partial charge is 0.182 e. The zero-order chi connectivity index (χ0) is 12.7. The van der Waals surface area contributed by atoms with Crippen molar-refractivity contribution in [1.82, 2.24) is 0 Å². The molecule has 2 rings (SSSR count). The monoisotopic (exact) mass is 244 g/mol. The normalized spacial score (nSPS) is 19.2. The van der Waals surface area contributed by atoms with E-state index in [1.807, 2.05) is 30.3 Å². The maximum absolute atomic E-state index is 4.75. The summed E-state index contributed by atoms with van der Waals surface area (Å²) in [5.41, 5.74) is 1.13. The molecule has 2 heteroatoms. The van der Waals surface area contributed by atoms with Gasteiger partial charge in [-0.1, -0.05) is 57.2 Å². The summed E-state index contributed by atoms with van der Waals surface area (Å²) < 4.78 is 0. The van der Waals surface area contributed by atoms with Crippen molar-refractivity contribution < 1.29 is 0 Å². The maximum atomic E-state index is 4.75. The molecule has 0 aliphatic heterocycles. The molecule has 0 saturated heterocycles. The molecule has 0 radical (unpaired) electrons. The van der Waals surface area contributed by atoms with Crippen LogP contribution in [0.1, 0.15) is 58.3 Å². The van der Waals surface area contributed by atoms with E-state index in [4.69, 9.17) is 5.11 Å². The van der Waals surface area contributed by atoms with E-state index in [0.29, 0.717) is 0 Å². The SMILES string of the molecule is CCCCC1(N=Nc2ccccc2)CCCCC1. The minimum absolute atomic E-state index is 0.143. The molecule has 0 amide bonds. The van der Waals surface area contributed by atoms with E-state index < -0.39 is 0 Å². The summed E-state index contributed by atoms with van der Waals surface area (Å²) in [4.78, 5) is 0. The van der Waals surface area contributed by atoms with Crippen LogP contribution >= 0.6 is 0 Å². The van der Waals surface area contributed by atoms with Crippen LogP contribution in [-0.4, -0.2) is 5.54 Å². The Labute approximate surface area is 111 Å². The fourth-order valence-electron chi connectivity index (χ4n) is 2.77. The van der Waals surface area contributed by atoms with Gasteiger partial charge in [0.1, 0.15) is 0 Å². The van der Waals surface area contributed by atoms with Gasteiger partial charge in [-0.25, -0.2) is 0 Å². The summed E-state index contributed by atoms with van der Waals surface area (Å²) in [6.07, 6.45) is 10.2. The van der Waals surface area contributed by atoms with Gasteiger partial charge in [0, 0.05) is 0 Å². The highest BCUT2D eigenvalue weighted by Crippen LogP contribution is 2.37. The molecule has 18 heavy (non-hydrogen) atoms. The molecule has 0 bridgehead atoms. The third-order valence-corrected chi connectivity index (χ3v) is 3.91. The minimum Gasteiger partial charge on any atom is -0.182 e. The number of rotatable bonds is 5. The average Bonchev–Trinajstić information content (AvgIpc) is 2.45. The van der Waals surface area contributed by atoms with Crippen molar-refractivity contribution in [2.24, 2.45) is 10.2 Å². The van der Waals surface area contributed by atoms with Crippen molar-refractivity contribution in [3.8, 4) is 0 Å². The molecule has 1 saturated carbocycles. The van der Waals surface area contributed by atoms with E-state index in [0.717, 1.165) is 5.69 Å². The van der Waals surface area contributed by atoms with E-state index in [1.165, 1.54) is 51.4 Å². The van der Waals surface area contributed by atoms with Crippen molar-refractivity contribution in [3.05, 3.63) is 30.3 Å². The van der Waals surface area contributed by atoms with Crippen LogP contribution in [0.15, 0.2) is 40.6 Å². The highest BCUT2D eigenvalue weighted by Gasteiger charge is 2.31. The first-order valence-corrected chi connectivity index (χ1v) is 7.33. The highest BCUT2D eigenvalue weighted by molar-refractivity contribution is 5.34. The standard InChI is InChI=1S/C16H24N2/c1-2-3-12-16(13-8-5-9-14-16)18-17-15-10-6-4-7-11-15/h4,6-7,10-11H,2-3,5,8-9,12-14H2,1H3. The van der Waals surface area contributed by atoms with Gasteiger partial charge in [-0.3, -0.25) is 0 Å². The second-order valence-electron chi connectivity index (χ2n) is 5.42. The molecule has 2 nitrogen and oxygen atoms in total. The van der Waals surface area contributed by atoms with E-state index in [-0.39, 0.29) is 5.54 Å². The summed E-state index contributed by atoms with van der Waals surface area (Å²) in [5, 5.41) is 9.23. The maximum Gasteiger partial charge on any atom is 0.0852 e. The predicted molar refractivity (Wildman–Crippen MR) is 76.3 cm³/mol. The van der Waals surface area contributed by atoms with Crippen molar-refractivity contribution in [3.63, 3.8) is 0 Å². The molecule has 98 valence electrons. The summed E-state index contributed by atoms with van der Waals surface area (Å²) in [6, 6.07) is 10.1. The Bertz CT molecular complexity index is 364. The number of nitrogens with zero attached hydrogens (tertiary/aromatic N) is 2. The van der Waals surface area contributed by atoms with Crippen LogP contribution in [0.4, 0.5) is 5.69 Å². The lowest BCUT2D eigenvalue weighted by atomic mass is 9.79.